The molecule has 82 valence electrons. The second kappa shape index (κ2) is 4.90. The van der Waals surface area contributed by atoms with Gasteiger partial charge in [-0.05, 0) is 30.3 Å². The average molecular weight is 235 g/mol. The van der Waals surface area contributed by atoms with Gasteiger partial charge in [0.15, 0.2) is 6.17 Å². The molecule has 2 aromatic rings. The molecule has 1 N–H and O–H groups in total. The van der Waals surface area contributed by atoms with E-state index in [4.69, 9.17) is 5.11 Å². The predicted octanol–water partition coefficient (Wildman–Crippen LogP) is 3.89. The molecule has 16 heavy (non-hydrogen) atoms. The first-order valence-electron chi connectivity index (χ1n) is 4.77. The maximum atomic E-state index is 13.4. The van der Waals surface area contributed by atoms with Crippen LogP contribution < -0.4 is 0 Å². The Bertz CT molecular complexity index is 481. The van der Waals surface area contributed by atoms with E-state index >= 15 is 0 Å². The van der Waals surface area contributed by atoms with Gasteiger partial charge in [-0.3, -0.25) is 4.98 Å². The van der Waals surface area contributed by atoms with Gasteiger partial charge >= 0.3 is 0 Å². The molecule has 0 aliphatic heterocycles. The van der Waals surface area contributed by atoms with Crippen LogP contribution in [0.2, 0.25) is 0 Å². The van der Waals surface area contributed by atoms with Crippen LogP contribution >= 0.6 is 11.3 Å². The molecule has 0 spiro atoms. The zero-order valence-corrected chi connectivity index (χ0v) is 9.19. The van der Waals surface area contributed by atoms with Gasteiger partial charge in [-0.25, -0.2) is 4.39 Å². The van der Waals surface area contributed by atoms with Crippen molar-refractivity contribution in [1.82, 2.24) is 4.98 Å². The van der Waals surface area contributed by atoms with Gasteiger partial charge in [-0.15, -0.1) is 11.3 Å². The Labute approximate surface area is 96.7 Å². The Kier molecular flexibility index (Phi) is 3.31. The molecule has 0 amide bonds. The maximum Gasteiger partial charge on any atom is 0.156 e. The second-order valence-corrected chi connectivity index (χ2v) is 4.28. The summed E-state index contributed by atoms with van der Waals surface area (Å²) < 4.78 is 13.4. The first-order valence-corrected chi connectivity index (χ1v) is 5.59. The van der Waals surface area contributed by atoms with E-state index in [0.29, 0.717) is 4.88 Å². The number of hydrogen-bond acceptors (Lipinski definition) is 3. The van der Waals surface area contributed by atoms with E-state index in [1.807, 2.05) is 24.3 Å². The largest absolute Gasteiger partial charge is 0.516 e. The predicted molar refractivity (Wildman–Crippen MR) is 63.2 cm³/mol. The fourth-order valence-electron chi connectivity index (χ4n) is 1.32. The molecular formula is C12H10FNOS. The molecule has 0 aliphatic carbocycles. The number of rotatable bonds is 3. The number of aliphatic hydroxyl groups excluding tert-OH is 1. The summed E-state index contributed by atoms with van der Waals surface area (Å²) in [6, 6.07) is 9.15. The van der Waals surface area contributed by atoms with Gasteiger partial charge in [0.05, 0.1) is 16.8 Å². The van der Waals surface area contributed by atoms with Crippen molar-refractivity contribution in [3.05, 3.63) is 53.7 Å². The van der Waals surface area contributed by atoms with Crippen molar-refractivity contribution in [1.29, 1.82) is 0 Å². The second-order valence-electron chi connectivity index (χ2n) is 3.16. The van der Waals surface area contributed by atoms with E-state index in [0.717, 1.165) is 22.9 Å². The van der Waals surface area contributed by atoms with Crippen LogP contribution in [0, 0.1) is 0 Å². The molecule has 0 aromatic carbocycles. The van der Waals surface area contributed by atoms with E-state index in [9.17, 15) is 4.39 Å². The number of pyridine rings is 1. The number of nitrogens with zero attached hydrogens (tertiary/aromatic N) is 1. The number of hydrogen-bond donors (Lipinski definition) is 1. The molecular weight excluding hydrogens is 225 g/mol. The van der Waals surface area contributed by atoms with E-state index in [1.165, 1.54) is 11.3 Å². The third-order valence-corrected chi connectivity index (χ3v) is 3.23. The Balaban J connectivity index is 2.26. The summed E-state index contributed by atoms with van der Waals surface area (Å²) in [6.07, 6.45) is 2.28. The van der Waals surface area contributed by atoms with Gasteiger partial charge in [0.25, 0.3) is 0 Å². The summed E-state index contributed by atoms with van der Waals surface area (Å²) >= 11 is 1.33. The number of halogens is 1. The van der Waals surface area contributed by atoms with Gasteiger partial charge in [-0.2, -0.15) is 0 Å². The average Bonchev–Trinajstić information content (AvgIpc) is 2.80. The van der Waals surface area contributed by atoms with Crippen LogP contribution in [0.1, 0.15) is 11.0 Å². The minimum atomic E-state index is -1.26. The first kappa shape index (κ1) is 10.8. The number of aromatic nitrogens is 1. The molecule has 2 nitrogen and oxygen atoms in total. The van der Waals surface area contributed by atoms with Crippen molar-refractivity contribution in [2.75, 3.05) is 0 Å². The molecule has 0 saturated carbocycles. The standard InChI is InChI=1S/C12H10FNOS/c13-9(6-8-15)11-4-5-12(16-11)10-3-1-2-7-14-10/h1-9,15H/b8-6-. The van der Waals surface area contributed by atoms with Crippen molar-refractivity contribution in [3.63, 3.8) is 0 Å². The van der Waals surface area contributed by atoms with Crippen LogP contribution in [0.4, 0.5) is 4.39 Å². The fourth-order valence-corrected chi connectivity index (χ4v) is 2.26. The highest BCUT2D eigenvalue weighted by Crippen LogP contribution is 2.32. The minimum Gasteiger partial charge on any atom is -0.516 e. The lowest BCUT2D eigenvalue weighted by atomic mass is 10.3. The topological polar surface area (TPSA) is 33.1 Å². The summed E-state index contributed by atoms with van der Waals surface area (Å²) in [6.45, 7) is 0. The van der Waals surface area contributed by atoms with Crippen LogP contribution in [-0.2, 0) is 0 Å². The highest BCUT2D eigenvalue weighted by Gasteiger charge is 2.10. The molecule has 0 bridgehead atoms. The minimum absolute atomic E-state index is 0.561. The van der Waals surface area contributed by atoms with Crippen molar-refractivity contribution in [2.45, 2.75) is 6.17 Å². The van der Waals surface area contributed by atoms with Crippen LogP contribution in [-0.4, -0.2) is 10.1 Å². The van der Waals surface area contributed by atoms with E-state index in [2.05, 4.69) is 4.98 Å². The normalized spacial score (nSPS) is 13.1. The number of thiophene rings is 1. The van der Waals surface area contributed by atoms with E-state index in [1.54, 1.807) is 12.3 Å². The van der Waals surface area contributed by atoms with Crippen LogP contribution in [0.3, 0.4) is 0 Å². The third-order valence-electron chi connectivity index (χ3n) is 2.07. The molecule has 0 aliphatic rings. The summed E-state index contributed by atoms with van der Waals surface area (Å²) in [7, 11) is 0. The third kappa shape index (κ3) is 2.28. The fraction of sp³-hybridized carbons (Fsp3) is 0.0833. The Morgan fingerprint density at radius 1 is 1.31 bits per heavy atom. The zero-order chi connectivity index (χ0) is 11.4. The van der Waals surface area contributed by atoms with Crippen LogP contribution in [0.15, 0.2) is 48.9 Å². The highest BCUT2D eigenvalue weighted by molar-refractivity contribution is 7.15. The van der Waals surface area contributed by atoms with Crippen molar-refractivity contribution >= 4 is 11.3 Å². The summed E-state index contributed by atoms with van der Waals surface area (Å²) in [4.78, 5) is 5.67. The summed E-state index contributed by atoms with van der Waals surface area (Å²) in [5, 5.41) is 8.49. The smallest absolute Gasteiger partial charge is 0.156 e. The van der Waals surface area contributed by atoms with Crippen LogP contribution in [0.25, 0.3) is 10.6 Å². The van der Waals surface area contributed by atoms with Gasteiger partial charge in [0.2, 0.25) is 0 Å². The Morgan fingerprint density at radius 2 is 2.19 bits per heavy atom. The number of allylic oxidation sites excluding steroid dienone is 1. The Morgan fingerprint density at radius 3 is 2.88 bits per heavy atom. The maximum absolute atomic E-state index is 13.4. The van der Waals surface area contributed by atoms with E-state index in [-0.39, 0.29) is 0 Å². The number of aliphatic hydroxyl groups is 1. The molecule has 1 unspecified atom stereocenters. The molecule has 1 atom stereocenters. The SMILES string of the molecule is O/C=C\C(F)c1ccc(-c2ccccn2)s1. The lowest BCUT2D eigenvalue weighted by Crippen LogP contribution is -1.80. The molecule has 2 aromatic heterocycles. The molecule has 0 saturated heterocycles. The quantitative estimate of drug-likeness (QED) is 0.818. The van der Waals surface area contributed by atoms with Gasteiger partial charge < -0.3 is 5.11 Å². The number of alkyl halides is 1. The van der Waals surface area contributed by atoms with Crippen molar-refractivity contribution in [2.24, 2.45) is 0 Å². The molecule has 0 radical (unpaired) electrons. The van der Waals surface area contributed by atoms with Gasteiger partial charge in [0.1, 0.15) is 0 Å². The monoisotopic (exact) mass is 235 g/mol. The van der Waals surface area contributed by atoms with Gasteiger partial charge in [-0.1, -0.05) is 6.07 Å². The van der Waals surface area contributed by atoms with Crippen molar-refractivity contribution < 1.29 is 9.50 Å². The molecule has 2 rings (SSSR count). The molecule has 4 heteroatoms. The van der Waals surface area contributed by atoms with E-state index < -0.39 is 6.17 Å². The Hall–Kier alpha value is -1.68. The summed E-state index contributed by atoms with van der Waals surface area (Å²) in [5.74, 6) is 0. The lowest BCUT2D eigenvalue weighted by molar-refractivity contribution is 0.401. The zero-order valence-electron chi connectivity index (χ0n) is 8.38. The highest BCUT2D eigenvalue weighted by atomic mass is 32.1. The summed E-state index contributed by atoms with van der Waals surface area (Å²) in [5.41, 5.74) is 0.832. The first-order chi connectivity index (χ1) is 7.81. The van der Waals surface area contributed by atoms with Gasteiger partial charge in [0, 0.05) is 11.1 Å². The van der Waals surface area contributed by atoms with Crippen molar-refractivity contribution in [3.8, 4) is 10.6 Å². The van der Waals surface area contributed by atoms with Crippen LogP contribution in [0.5, 0.6) is 0 Å². The molecule has 2 heterocycles. The lowest BCUT2D eigenvalue weighted by Gasteiger charge is -1.97. The molecule has 0 fully saturated rings.